The lowest BCUT2D eigenvalue weighted by Crippen LogP contribution is -2.44. The number of aryl methyl sites for hydroxylation is 1. The van der Waals surface area contributed by atoms with Gasteiger partial charge in [-0.05, 0) is 50.2 Å². The van der Waals surface area contributed by atoms with Gasteiger partial charge in [0.15, 0.2) is 0 Å². The van der Waals surface area contributed by atoms with Gasteiger partial charge in [0.2, 0.25) is 0 Å². The van der Waals surface area contributed by atoms with Gasteiger partial charge in [-0.2, -0.15) is 0 Å². The molecule has 1 heterocycles. The van der Waals surface area contributed by atoms with E-state index in [1.54, 1.807) is 6.08 Å². The Balaban J connectivity index is 1.84. The van der Waals surface area contributed by atoms with Crippen LogP contribution in [0.1, 0.15) is 12.0 Å². The number of nitrogens with zero attached hydrogens (tertiary/aromatic N) is 2. The third-order valence-corrected chi connectivity index (χ3v) is 4.13. The molecule has 1 aromatic carbocycles. The molecule has 3 nitrogen and oxygen atoms in total. The second-order valence-corrected chi connectivity index (χ2v) is 6.04. The van der Waals surface area contributed by atoms with E-state index in [1.165, 1.54) is 31.7 Å². The van der Waals surface area contributed by atoms with E-state index in [1.807, 2.05) is 18.2 Å². The topological polar surface area (TPSA) is 15.7 Å². The number of hydrogen-bond acceptors (Lipinski definition) is 3. The van der Waals surface area contributed by atoms with Crippen molar-refractivity contribution >= 4 is 11.6 Å². The Bertz CT molecular complexity index is 456. The van der Waals surface area contributed by atoms with Crippen LogP contribution in [-0.4, -0.2) is 56.2 Å². The molecule has 1 aliphatic heterocycles. The standard InChI is InChI=1S/C17H25ClN2O/c1-3-13-21-17-7-6-16(18)14-15(17)5-4-8-20-11-9-19(2)10-12-20/h3,6-7,14H,1,4-5,8-13H2,2H3. The summed E-state index contributed by atoms with van der Waals surface area (Å²) >= 11 is 6.10. The van der Waals surface area contributed by atoms with E-state index < -0.39 is 0 Å². The van der Waals surface area contributed by atoms with E-state index in [9.17, 15) is 0 Å². The second kappa shape index (κ2) is 8.42. The van der Waals surface area contributed by atoms with E-state index >= 15 is 0 Å². The highest BCUT2D eigenvalue weighted by Gasteiger charge is 2.13. The lowest BCUT2D eigenvalue weighted by Gasteiger charge is -2.32. The summed E-state index contributed by atoms with van der Waals surface area (Å²) in [5.74, 6) is 0.928. The van der Waals surface area contributed by atoms with Crippen molar-refractivity contribution in [2.75, 3.05) is 46.4 Å². The van der Waals surface area contributed by atoms with Crippen LogP contribution in [0.5, 0.6) is 5.75 Å². The van der Waals surface area contributed by atoms with Crippen molar-refractivity contribution in [1.29, 1.82) is 0 Å². The van der Waals surface area contributed by atoms with Crippen molar-refractivity contribution in [2.45, 2.75) is 12.8 Å². The van der Waals surface area contributed by atoms with Crippen molar-refractivity contribution < 1.29 is 4.74 Å². The van der Waals surface area contributed by atoms with Crippen molar-refractivity contribution in [3.63, 3.8) is 0 Å². The summed E-state index contributed by atoms with van der Waals surface area (Å²) in [5.41, 5.74) is 1.19. The molecule has 1 saturated heterocycles. The molecule has 4 heteroatoms. The monoisotopic (exact) mass is 308 g/mol. The number of ether oxygens (including phenoxy) is 1. The lowest BCUT2D eigenvalue weighted by atomic mass is 10.1. The van der Waals surface area contributed by atoms with Gasteiger partial charge in [-0.1, -0.05) is 24.3 Å². The van der Waals surface area contributed by atoms with E-state index in [-0.39, 0.29) is 0 Å². The van der Waals surface area contributed by atoms with Crippen LogP contribution in [0.3, 0.4) is 0 Å². The fraction of sp³-hybridized carbons (Fsp3) is 0.529. The molecule has 0 aliphatic carbocycles. The van der Waals surface area contributed by atoms with Crippen LogP contribution < -0.4 is 4.74 Å². The molecule has 0 unspecified atom stereocenters. The Kier molecular flexibility index (Phi) is 6.55. The van der Waals surface area contributed by atoms with Gasteiger partial charge >= 0.3 is 0 Å². The Morgan fingerprint density at radius 1 is 1.29 bits per heavy atom. The molecule has 21 heavy (non-hydrogen) atoms. The highest BCUT2D eigenvalue weighted by molar-refractivity contribution is 6.30. The van der Waals surface area contributed by atoms with Gasteiger partial charge in [-0.25, -0.2) is 0 Å². The smallest absolute Gasteiger partial charge is 0.123 e. The predicted octanol–water partition coefficient (Wildman–Crippen LogP) is 3.08. The average molecular weight is 309 g/mol. The average Bonchev–Trinajstić information content (AvgIpc) is 2.48. The molecule has 116 valence electrons. The highest BCUT2D eigenvalue weighted by Crippen LogP contribution is 2.24. The quantitative estimate of drug-likeness (QED) is 0.720. The summed E-state index contributed by atoms with van der Waals surface area (Å²) < 4.78 is 5.70. The molecule has 0 N–H and O–H groups in total. The lowest BCUT2D eigenvalue weighted by molar-refractivity contribution is 0.153. The van der Waals surface area contributed by atoms with Crippen LogP contribution >= 0.6 is 11.6 Å². The maximum absolute atomic E-state index is 6.10. The minimum Gasteiger partial charge on any atom is -0.489 e. The first-order valence-corrected chi connectivity index (χ1v) is 8.00. The first-order valence-electron chi connectivity index (χ1n) is 7.62. The molecular formula is C17H25ClN2O. The minimum atomic E-state index is 0.535. The second-order valence-electron chi connectivity index (χ2n) is 5.60. The Morgan fingerprint density at radius 3 is 2.76 bits per heavy atom. The summed E-state index contributed by atoms with van der Waals surface area (Å²) in [6, 6.07) is 5.85. The number of hydrogen-bond donors (Lipinski definition) is 0. The Labute approximate surface area is 133 Å². The van der Waals surface area contributed by atoms with Crippen LogP contribution in [-0.2, 0) is 6.42 Å². The van der Waals surface area contributed by atoms with Gasteiger partial charge in [0.05, 0.1) is 0 Å². The number of rotatable bonds is 7. The predicted molar refractivity (Wildman–Crippen MR) is 89.4 cm³/mol. The summed E-state index contributed by atoms with van der Waals surface area (Å²) in [5, 5.41) is 0.774. The van der Waals surface area contributed by atoms with Crippen LogP contribution in [0.4, 0.5) is 0 Å². The summed E-state index contributed by atoms with van der Waals surface area (Å²) in [4.78, 5) is 4.92. The van der Waals surface area contributed by atoms with Gasteiger partial charge < -0.3 is 14.5 Å². The zero-order chi connectivity index (χ0) is 15.1. The van der Waals surface area contributed by atoms with E-state index in [0.29, 0.717) is 6.61 Å². The number of likely N-dealkylation sites (N-methyl/N-ethyl adjacent to an activating group) is 1. The molecule has 0 bridgehead atoms. The van der Waals surface area contributed by atoms with Crippen molar-refractivity contribution in [1.82, 2.24) is 9.80 Å². The number of benzene rings is 1. The van der Waals surface area contributed by atoms with Crippen LogP contribution in [0.15, 0.2) is 30.9 Å². The molecule has 1 fully saturated rings. The number of halogens is 1. The maximum Gasteiger partial charge on any atom is 0.123 e. The molecule has 0 atom stereocenters. The first kappa shape index (κ1) is 16.3. The Morgan fingerprint density at radius 2 is 2.05 bits per heavy atom. The Hall–Kier alpha value is -1.03. The molecule has 1 aromatic rings. The molecule has 0 aromatic heterocycles. The van der Waals surface area contributed by atoms with Crippen molar-refractivity contribution in [3.8, 4) is 5.75 Å². The highest BCUT2D eigenvalue weighted by atomic mass is 35.5. The molecule has 0 saturated carbocycles. The van der Waals surface area contributed by atoms with E-state index in [2.05, 4.69) is 23.4 Å². The van der Waals surface area contributed by atoms with E-state index in [0.717, 1.165) is 30.2 Å². The summed E-state index contributed by atoms with van der Waals surface area (Å²) in [7, 11) is 2.19. The third-order valence-electron chi connectivity index (χ3n) is 3.90. The molecule has 1 aliphatic rings. The molecule has 0 radical (unpaired) electrons. The van der Waals surface area contributed by atoms with Crippen molar-refractivity contribution in [2.24, 2.45) is 0 Å². The molecule has 2 rings (SSSR count). The van der Waals surface area contributed by atoms with Gasteiger partial charge in [0, 0.05) is 31.2 Å². The fourth-order valence-corrected chi connectivity index (χ4v) is 2.79. The van der Waals surface area contributed by atoms with Crippen LogP contribution in [0.2, 0.25) is 5.02 Å². The van der Waals surface area contributed by atoms with Gasteiger partial charge in [-0.15, -0.1) is 0 Å². The SMILES string of the molecule is C=CCOc1ccc(Cl)cc1CCCN1CCN(C)CC1. The number of piperazine rings is 1. The van der Waals surface area contributed by atoms with Gasteiger partial charge in [-0.3, -0.25) is 0 Å². The van der Waals surface area contributed by atoms with Crippen molar-refractivity contribution in [3.05, 3.63) is 41.4 Å². The third kappa shape index (κ3) is 5.34. The van der Waals surface area contributed by atoms with Crippen LogP contribution in [0, 0.1) is 0 Å². The van der Waals surface area contributed by atoms with Gasteiger partial charge in [0.25, 0.3) is 0 Å². The van der Waals surface area contributed by atoms with Gasteiger partial charge in [0.1, 0.15) is 12.4 Å². The normalized spacial score (nSPS) is 16.9. The molecule has 0 amide bonds. The summed E-state index contributed by atoms with van der Waals surface area (Å²) in [6.45, 7) is 10.1. The fourth-order valence-electron chi connectivity index (χ4n) is 2.60. The zero-order valence-electron chi connectivity index (χ0n) is 12.9. The molecule has 0 spiro atoms. The zero-order valence-corrected chi connectivity index (χ0v) is 13.6. The summed E-state index contributed by atoms with van der Waals surface area (Å²) in [6.07, 6.45) is 3.90. The van der Waals surface area contributed by atoms with Crippen LogP contribution in [0.25, 0.3) is 0 Å². The molecular weight excluding hydrogens is 284 g/mol. The maximum atomic E-state index is 6.10. The largest absolute Gasteiger partial charge is 0.489 e. The van der Waals surface area contributed by atoms with E-state index in [4.69, 9.17) is 16.3 Å². The minimum absolute atomic E-state index is 0.535. The first-order chi connectivity index (χ1) is 10.2.